The quantitative estimate of drug-likeness (QED) is 0.358. The van der Waals surface area contributed by atoms with E-state index >= 15 is 0 Å². The summed E-state index contributed by atoms with van der Waals surface area (Å²) >= 11 is 6.33. The molecule has 1 aromatic carbocycles. The molecule has 0 saturated carbocycles. The lowest BCUT2D eigenvalue weighted by atomic mass is 10.1. The summed E-state index contributed by atoms with van der Waals surface area (Å²) in [7, 11) is -2.99. The predicted molar refractivity (Wildman–Crippen MR) is 128 cm³/mol. The molecule has 2 heterocycles. The number of ether oxygens (including phenoxy) is 1. The number of hydroxylamine groups is 1. The van der Waals surface area contributed by atoms with Crippen LogP contribution in [0.3, 0.4) is 0 Å². The fourth-order valence-corrected chi connectivity index (χ4v) is 5.73. The summed E-state index contributed by atoms with van der Waals surface area (Å²) in [6.45, 7) is 8.72. The van der Waals surface area contributed by atoms with E-state index in [4.69, 9.17) is 16.3 Å². The Kier molecular flexibility index (Phi) is 6.88. The van der Waals surface area contributed by atoms with E-state index in [2.05, 4.69) is 4.98 Å². The Bertz CT molecular complexity index is 1310. The Morgan fingerprint density at radius 1 is 1.15 bits per heavy atom. The number of carbonyl (C=O) groups excluding carboxylic acids is 1. The minimum atomic E-state index is -4.16. The van der Waals surface area contributed by atoms with Crippen LogP contribution in [0.15, 0.2) is 41.6 Å². The van der Waals surface area contributed by atoms with Gasteiger partial charge in [0, 0.05) is 29.6 Å². The van der Waals surface area contributed by atoms with E-state index in [-0.39, 0.29) is 27.5 Å². The third-order valence-corrected chi connectivity index (χ3v) is 7.43. The molecule has 0 atom stereocenters. The van der Waals surface area contributed by atoms with Gasteiger partial charge in [-0.25, -0.2) is 22.2 Å². The van der Waals surface area contributed by atoms with Crippen molar-refractivity contribution in [3.05, 3.63) is 69.3 Å². The number of methoxy groups -OCH3 is 1. The third-order valence-electron chi connectivity index (χ3n) is 5.15. The van der Waals surface area contributed by atoms with Crippen molar-refractivity contribution in [1.29, 1.82) is 0 Å². The predicted octanol–water partition coefficient (Wildman–Crippen LogP) is 4.86. The standard InChI is InChI=1S/C23H25ClN3O5S/c1-13(2)27(29)21-10-18(19(24)11-25-21)17-9-20(23(28)32-6)26(12-17)33(30,31)22-15(4)7-14(3)8-16(22)5/h7-13H,1-6H3/q-1. The summed E-state index contributed by atoms with van der Waals surface area (Å²) in [4.78, 5) is 16.7. The molecular formula is C23H25ClN3O5S-. The van der Waals surface area contributed by atoms with Gasteiger partial charge in [0.05, 0.1) is 17.0 Å². The van der Waals surface area contributed by atoms with E-state index in [1.54, 1.807) is 39.8 Å². The van der Waals surface area contributed by atoms with Gasteiger partial charge >= 0.3 is 5.97 Å². The summed E-state index contributed by atoms with van der Waals surface area (Å²) < 4.78 is 33.1. The Labute approximate surface area is 198 Å². The number of aryl methyl sites for hydroxylation is 3. The topological polar surface area (TPSA) is 105 Å². The van der Waals surface area contributed by atoms with Crippen LogP contribution < -0.4 is 5.06 Å². The molecule has 3 aromatic rings. The molecule has 3 rings (SSSR count). The van der Waals surface area contributed by atoms with E-state index in [0.717, 1.165) is 9.54 Å². The minimum Gasteiger partial charge on any atom is -0.757 e. The molecule has 0 aliphatic carbocycles. The van der Waals surface area contributed by atoms with Crippen molar-refractivity contribution >= 4 is 33.4 Å². The van der Waals surface area contributed by atoms with Crippen molar-refractivity contribution in [1.82, 2.24) is 8.96 Å². The maximum atomic E-state index is 13.7. The maximum absolute atomic E-state index is 13.7. The molecule has 0 N–H and O–H groups in total. The summed E-state index contributed by atoms with van der Waals surface area (Å²) in [5, 5.41) is 13.3. The maximum Gasteiger partial charge on any atom is 0.355 e. The first-order chi connectivity index (χ1) is 15.4. The summed E-state index contributed by atoms with van der Waals surface area (Å²) in [6, 6.07) is 6.00. The summed E-state index contributed by atoms with van der Waals surface area (Å²) in [5.74, 6) is -0.713. The van der Waals surface area contributed by atoms with Crippen LogP contribution in [0.2, 0.25) is 5.02 Å². The number of aromatic nitrogens is 2. The van der Waals surface area contributed by atoms with Gasteiger partial charge in [0.1, 0.15) is 11.5 Å². The molecule has 2 aromatic heterocycles. The Balaban J connectivity index is 2.26. The zero-order chi connectivity index (χ0) is 24.7. The van der Waals surface area contributed by atoms with Crippen LogP contribution in [0.1, 0.15) is 41.0 Å². The molecule has 0 aliphatic rings. The monoisotopic (exact) mass is 490 g/mol. The Morgan fingerprint density at radius 2 is 1.76 bits per heavy atom. The van der Waals surface area contributed by atoms with Gasteiger partial charge in [-0.15, -0.1) is 0 Å². The van der Waals surface area contributed by atoms with Crippen molar-refractivity contribution in [2.75, 3.05) is 12.2 Å². The van der Waals surface area contributed by atoms with Crippen molar-refractivity contribution in [2.45, 2.75) is 45.6 Å². The van der Waals surface area contributed by atoms with E-state index in [0.29, 0.717) is 27.3 Å². The van der Waals surface area contributed by atoms with E-state index in [1.807, 2.05) is 6.92 Å². The molecule has 0 aliphatic heterocycles. The first-order valence-electron chi connectivity index (χ1n) is 10.1. The Hall–Kier alpha value is -2.88. The largest absolute Gasteiger partial charge is 0.757 e. The number of anilines is 1. The van der Waals surface area contributed by atoms with Gasteiger partial charge in [0.25, 0.3) is 10.0 Å². The van der Waals surface area contributed by atoms with Gasteiger partial charge in [-0.3, -0.25) is 0 Å². The fraction of sp³-hybridized carbons (Fsp3) is 0.304. The SMILES string of the molecule is COC(=O)c1cc(-c2cc(N([O-])C(C)C)ncc2Cl)cn1S(=O)(=O)c1c(C)cc(C)cc1C. The van der Waals surface area contributed by atoms with Crippen molar-refractivity contribution < 1.29 is 17.9 Å². The highest BCUT2D eigenvalue weighted by atomic mass is 35.5. The van der Waals surface area contributed by atoms with Gasteiger partial charge in [0.15, 0.2) is 0 Å². The van der Waals surface area contributed by atoms with Gasteiger partial charge in [0.2, 0.25) is 0 Å². The first kappa shape index (κ1) is 24.8. The number of nitrogens with zero attached hydrogens (tertiary/aromatic N) is 3. The molecule has 0 amide bonds. The number of pyridine rings is 1. The zero-order valence-corrected chi connectivity index (χ0v) is 20.8. The highest BCUT2D eigenvalue weighted by molar-refractivity contribution is 7.90. The lowest BCUT2D eigenvalue weighted by molar-refractivity contribution is 0.0593. The number of esters is 1. The first-order valence-corrected chi connectivity index (χ1v) is 12.0. The van der Waals surface area contributed by atoms with E-state index in [1.165, 1.54) is 31.6 Å². The van der Waals surface area contributed by atoms with Crippen LogP contribution in [0.4, 0.5) is 5.82 Å². The lowest BCUT2D eigenvalue weighted by Crippen LogP contribution is -2.24. The van der Waals surface area contributed by atoms with E-state index in [9.17, 15) is 18.4 Å². The van der Waals surface area contributed by atoms with E-state index < -0.39 is 16.0 Å². The van der Waals surface area contributed by atoms with Crippen molar-refractivity contribution in [3.8, 4) is 11.1 Å². The molecular weight excluding hydrogens is 466 g/mol. The summed E-state index contributed by atoms with van der Waals surface area (Å²) in [6.07, 6.45) is 2.62. The molecule has 0 spiro atoms. The molecule has 8 nitrogen and oxygen atoms in total. The number of rotatable bonds is 6. The normalized spacial score (nSPS) is 11.7. The molecule has 176 valence electrons. The smallest absolute Gasteiger partial charge is 0.355 e. The second-order valence-corrected chi connectivity index (χ2v) is 10.2. The fourth-order valence-electron chi connectivity index (χ4n) is 3.75. The molecule has 0 saturated heterocycles. The van der Waals surface area contributed by atoms with Crippen molar-refractivity contribution in [2.24, 2.45) is 0 Å². The number of benzene rings is 1. The molecule has 0 radical (unpaired) electrons. The lowest BCUT2D eigenvalue weighted by Gasteiger charge is -2.34. The number of carbonyl (C=O) groups is 1. The van der Waals surface area contributed by atoms with Crippen LogP contribution in [0.5, 0.6) is 0 Å². The van der Waals surface area contributed by atoms with Gasteiger partial charge in [-0.1, -0.05) is 29.3 Å². The third kappa shape index (κ3) is 4.62. The molecule has 10 heteroatoms. The number of hydrogen-bond acceptors (Lipinski definition) is 7. The van der Waals surface area contributed by atoms with Crippen LogP contribution in [0.25, 0.3) is 11.1 Å². The molecule has 0 fully saturated rings. The second kappa shape index (κ2) is 9.17. The van der Waals surface area contributed by atoms with Gasteiger partial charge in [-0.2, -0.15) is 0 Å². The molecule has 0 unspecified atom stereocenters. The number of halogens is 1. The summed E-state index contributed by atoms with van der Waals surface area (Å²) in [5.41, 5.74) is 2.54. The molecule has 33 heavy (non-hydrogen) atoms. The van der Waals surface area contributed by atoms with Crippen molar-refractivity contribution in [3.63, 3.8) is 0 Å². The number of hydrogen-bond donors (Lipinski definition) is 0. The van der Waals surface area contributed by atoms with Gasteiger partial charge < -0.3 is 15.0 Å². The average molecular weight is 491 g/mol. The van der Waals surface area contributed by atoms with Crippen LogP contribution >= 0.6 is 11.6 Å². The van der Waals surface area contributed by atoms with Crippen LogP contribution in [0, 0.1) is 26.0 Å². The van der Waals surface area contributed by atoms with Crippen LogP contribution in [-0.4, -0.2) is 36.5 Å². The Morgan fingerprint density at radius 3 is 2.30 bits per heavy atom. The highest BCUT2D eigenvalue weighted by Gasteiger charge is 2.28. The minimum absolute atomic E-state index is 0.104. The van der Waals surface area contributed by atoms with Crippen LogP contribution in [-0.2, 0) is 14.8 Å². The zero-order valence-electron chi connectivity index (χ0n) is 19.2. The average Bonchev–Trinajstić information content (AvgIpc) is 3.18. The molecule has 0 bridgehead atoms. The highest BCUT2D eigenvalue weighted by Crippen LogP contribution is 2.34. The second-order valence-electron chi connectivity index (χ2n) is 8.08. The van der Waals surface area contributed by atoms with Gasteiger partial charge in [-0.05, 0) is 57.9 Å².